The van der Waals surface area contributed by atoms with E-state index in [2.05, 4.69) is 33.0 Å². The Morgan fingerprint density at radius 1 is 1.57 bits per heavy atom. The maximum Gasteiger partial charge on any atom is 0.0718 e. The van der Waals surface area contributed by atoms with Gasteiger partial charge in [0.2, 0.25) is 0 Å². The summed E-state index contributed by atoms with van der Waals surface area (Å²) in [6.45, 7) is 1.85. The second-order valence-corrected chi connectivity index (χ2v) is 4.71. The Kier molecular flexibility index (Phi) is 2.54. The lowest BCUT2D eigenvalue weighted by atomic mass is 10.1. The largest absolute Gasteiger partial charge is 0.391 e. The second kappa shape index (κ2) is 3.55. The average Bonchev–Trinajstić information content (AvgIpc) is 2.46. The van der Waals surface area contributed by atoms with Crippen LogP contribution in [0.3, 0.4) is 0 Å². The van der Waals surface area contributed by atoms with Crippen LogP contribution in [-0.4, -0.2) is 24.3 Å². The zero-order valence-corrected chi connectivity index (χ0v) is 9.95. The van der Waals surface area contributed by atoms with E-state index in [0.717, 1.165) is 10.9 Å². The third kappa shape index (κ3) is 1.44. The maximum absolute atomic E-state index is 9.63. The van der Waals surface area contributed by atoms with E-state index >= 15 is 0 Å². The molecule has 76 valence electrons. The van der Waals surface area contributed by atoms with Gasteiger partial charge in [0.15, 0.2) is 0 Å². The lowest BCUT2D eigenvalue weighted by molar-refractivity contribution is 0.164. The summed E-state index contributed by atoms with van der Waals surface area (Å²) in [5, 5.41) is 9.63. The number of hydrogen-bond acceptors (Lipinski definition) is 2. The minimum Gasteiger partial charge on any atom is -0.391 e. The summed E-state index contributed by atoms with van der Waals surface area (Å²) in [7, 11) is 2.04. The predicted molar refractivity (Wildman–Crippen MR) is 61.7 cm³/mol. The summed E-state index contributed by atoms with van der Waals surface area (Å²) < 4.78 is 1.14. The first-order valence-electron chi connectivity index (χ1n) is 4.79. The van der Waals surface area contributed by atoms with Crippen LogP contribution in [0.4, 0.5) is 5.69 Å². The first kappa shape index (κ1) is 9.99. The van der Waals surface area contributed by atoms with Crippen LogP contribution in [0.25, 0.3) is 0 Å². The number of anilines is 1. The molecule has 0 radical (unpaired) electrons. The first-order chi connectivity index (χ1) is 6.61. The summed E-state index contributed by atoms with van der Waals surface area (Å²) in [5.74, 6) is 0. The van der Waals surface area contributed by atoms with E-state index in [1.165, 1.54) is 11.3 Å². The number of fused-ring (bicyclic) bond motifs is 1. The van der Waals surface area contributed by atoms with Gasteiger partial charge in [-0.1, -0.05) is 22.0 Å². The Morgan fingerprint density at radius 2 is 2.29 bits per heavy atom. The first-order valence-corrected chi connectivity index (χ1v) is 5.59. The highest BCUT2D eigenvalue weighted by molar-refractivity contribution is 9.10. The molecule has 1 aromatic rings. The SMILES string of the molecule is CC(O)C1Cc2c(Br)cccc2N1C. The van der Waals surface area contributed by atoms with Crippen molar-refractivity contribution in [2.75, 3.05) is 11.9 Å². The molecule has 1 aliphatic heterocycles. The Bertz CT molecular complexity index is 351. The lowest BCUT2D eigenvalue weighted by Gasteiger charge is -2.24. The van der Waals surface area contributed by atoms with Gasteiger partial charge in [0, 0.05) is 17.2 Å². The van der Waals surface area contributed by atoms with Gasteiger partial charge in [-0.05, 0) is 31.0 Å². The predicted octanol–water partition coefficient (Wildman–Crippen LogP) is 2.19. The van der Waals surface area contributed by atoms with Gasteiger partial charge in [0.05, 0.1) is 12.1 Å². The normalized spacial score (nSPS) is 22.3. The third-order valence-corrected chi connectivity index (χ3v) is 3.68. The van der Waals surface area contributed by atoms with Gasteiger partial charge < -0.3 is 10.0 Å². The summed E-state index contributed by atoms with van der Waals surface area (Å²) in [5.41, 5.74) is 2.53. The molecule has 2 atom stereocenters. The molecule has 0 saturated heterocycles. The van der Waals surface area contributed by atoms with Crippen molar-refractivity contribution in [3.8, 4) is 0 Å². The van der Waals surface area contributed by atoms with Crippen molar-refractivity contribution in [2.24, 2.45) is 0 Å². The van der Waals surface area contributed by atoms with E-state index in [1.54, 1.807) is 0 Å². The van der Waals surface area contributed by atoms with E-state index in [0.29, 0.717) is 0 Å². The Morgan fingerprint density at radius 3 is 2.86 bits per heavy atom. The number of aliphatic hydroxyl groups is 1. The van der Waals surface area contributed by atoms with E-state index in [-0.39, 0.29) is 12.1 Å². The van der Waals surface area contributed by atoms with Crippen molar-refractivity contribution in [3.05, 3.63) is 28.2 Å². The average molecular weight is 256 g/mol. The molecular formula is C11H14BrNO. The van der Waals surface area contributed by atoms with Crippen molar-refractivity contribution < 1.29 is 5.11 Å². The molecular weight excluding hydrogens is 242 g/mol. The number of rotatable bonds is 1. The van der Waals surface area contributed by atoms with Gasteiger partial charge in [0.1, 0.15) is 0 Å². The molecule has 1 heterocycles. The molecule has 14 heavy (non-hydrogen) atoms. The molecule has 2 rings (SSSR count). The van der Waals surface area contributed by atoms with Crippen molar-refractivity contribution >= 4 is 21.6 Å². The van der Waals surface area contributed by atoms with Gasteiger partial charge >= 0.3 is 0 Å². The second-order valence-electron chi connectivity index (χ2n) is 3.86. The molecule has 1 N–H and O–H groups in total. The van der Waals surface area contributed by atoms with E-state index < -0.39 is 0 Å². The zero-order valence-electron chi connectivity index (χ0n) is 8.37. The minimum atomic E-state index is -0.292. The number of hydrogen-bond donors (Lipinski definition) is 1. The van der Waals surface area contributed by atoms with Crippen LogP contribution >= 0.6 is 15.9 Å². The molecule has 0 aliphatic carbocycles. The van der Waals surface area contributed by atoms with Gasteiger partial charge in [-0.2, -0.15) is 0 Å². The summed E-state index contributed by atoms with van der Waals surface area (Å²) in [4.78, 5) is 2.16. The molecule has 0 fully saturated rings. The number of halogens is 1. The number of nitrogens with zero attached hydrogens (tertiary/aromatic N) is 1. The van der Waals surface area contributed by atoms with Gasteiger partial charge in [-0.3, -0.25) is 0 Å². The molecule has 0 amide bonds. The van der Waals surface area contributed by atoms with Gasteiger partial charge in [-0.15, -0.1) is 0 Å². The van der Waals surface area contributed by atoms with Gasteiger partial charge in [-0.25, -0.2) is 0 Å². The Balaban J connectivity index is 2.40. The molecule has 0 saturated carbocycles. The van der Waals surface area contributed by atoms with Crippen molar-refractivity contribution in [1.29, 1.82) is 0 Å². The molecule has 0 bridgehead atoms. The molecule has 2 unspecified atom stereocenters. The fraction of sp³-hybridized carbons (Fsp3) is 0.455. The Labute approximate surface area is 92.7 Å². The third-order valence-electron chi connectivity index (χ3n) is 2.94. The molecule has 1 aliphatic rings. The summed E-state index contributed by atoms with van der Waals surface area (Å²) >= 11 is 3.54. The minimum absolute atomic E-state index is 0.212. The fourth-order valence-corrected chi connectivity index (χ4v) is 2.62. The standard InChI is InChI=1S/C11H14BrNO/c1-7(14)11-6-8-9(12)4-3-5-10(8)13(11)2/h3-5,7,11,14H,6H2,1-2H3. The van der Waals surface area contributed by atoms with E-state index in [1.807, 2.05) is 20.0 Å². The number of likely N-dealkylation sites (N-methyl/N-ethyl adjacent to an activating group) is 1. The topological polar surface area (TPSA) is 23.5 Å². The zero-order chi connectivity index (χ0) is 10.3. The van der Waals surface area contributed by atoms with Crippen molar-refractivity contribution in [3.63, 3.8) is 0 Å². The van der Waals surface area contributed by atoms with Crippen molar-refractivity contribution in [1.82, 2.24) is 0 Å². The summed E-state index contributed by atoms with van der Waals surface area (Å²) in [6, 6.07) is 6.40. The quantitative estimate of drug-likeness (QED) is 0.832. The van der Waals surface area contributed by atoms with Crippen molar-refractivity contribution in [2.45, 2.75) is 25.5 Å². The van der Waals surface area contributed by atoms with Crippen LogP contribution in [0, 0.1) is 0 Å². The number of aliphatic hydroxyl groups excluding tert-OH is 1. The van der Waals surface area contributed by atoms with Gasteiger partial charge in [0.25, 0.3) is 0 Å². The molecule has 3 heteroatoms. The van der Waals surface area contributed by atoms with E-state index in [9.17, 15) is 5.11 Å². The molecule has 1 aromatic carbocycles. The highest BCUT2D eigenvalue weighted by Crippen LogP contribution is 2.36. The highest BCUT2D eigenvalue weighted by atomic mass is 79.9. The molecule has 0 aromatic heterocycles. The molecule has 0 spiro atoms. The van der Waals surface area contributed by atoms with Crippen LogP contribution in [-0.2, 0) is 6.42 Å². The molecule has 2 nitrogen and oxygen atoms in total. The van der Waals surface area contributed by atoms with E-state index in [4.69, 9.17) is 0 Å². The van der Waals surface area contributed by atoms with Crippen LogP contribution in [0.15, 0.2) is 22.7 Å². The highest BCUT2D eigenvalue weighted by Gasteiger charge is 2.30. The van der Waals surface area contributed by atoms with Crippen LogP contribution < -0.4 is 4.90 Å². The van der Waals surface area contributed by atoms with Crippen LogP contribution in [0.5, 0.6) is 0 Å². The lowest BCUT2D eigenvalue weighted by Crippen LogP contribution is -2.37. The van der Waals surface area contributed by atoms with Crippen LogP contribution in [0.2, 0.25) is 0 Å². The summed E-state index contributed by atoms with van der Waals surface area (Å²) in [6.07, 6.45) is 0.629. The smallest absolute Gasteiger partial charge is 0.0718 e. The number of benzene rings is 1. The monoisotopic (exact) mass is 255 g/mol. The van der Waals surface area contributed by atoms with Crippen LogP contribution in [0.1, 0.15) is 12.5 Å². The Hall–Kier alpha value is -0.540. The maximum atomic E-state index is 9.63. The fourth-order valence-electron chi connectivity index (χ4n) is 2.10.